The fraction of sp³-hybridized carbons (Fsp3) is 0.273. The van der Waals surface area contributed by atoms with Gasteiger partial charge in [0.1, 0.15) is 5.82 Å². The number of nitrogens with zero attached hydrogens (tertiary/aromatic N) is 1. The fourth-order valence-electron chi connectivity index (χ4n) is 3.77. The maximum Gasteiger partial charge on any atom is 0.225 e. The monoisotopic (exact) mass is 411 g/mol. The van der Waals surface area contributed by atoms with Gasteiger partial charge in [0.05, 0.1) is 12.5 Å². The number of halogens is 1. The number of nitrogens with one attached hydrogen (secondary N) is 2. The maximum absolute atomic E-state index is 13.4. The topological polar surface area (TPSA) is 65.2 Å². The van der Waals surface area contributed by atoms with Crippen LogP contribution in [0.15, 0.2) is 48.0 Å². The fourth-order valence-corrected chi connectivity index (χ4v) is 4.54. The first-order chi connectivity index (χ1) is 14.0. The van der Waals surface area contributed by atoms with Crippen molar-refractivity contribution >= 4 is 39.6 Å². The molecule has 1 aliphatic rings. The molecule has 3 aromatic rings. The molecule has 0 radical (unpaired) electrons. The lowest BCUT2D eigenvalue weighted by atomic mass is 9.98. The van der Waals surface area contributed by atoms with Crippen LogP contribution in [-0.2, 0) is 9.59 Å². The Labute approximate surface area is 172 Å². The Morgan fingerprint density at radius 2 is 2.21 bits per heavy atom. The molecular weight excluding hydrogens is 389 g/mol. The standard InChI is InChI=1S/C22H22FN3O2S/c1-14(27)25-20(21-3-2-10-29-21)12-22(28)26-8-6-15(7-9-26)18-13-24-19-11-16(23)4-5-17(18)19/h2-6,10-11,13,20,24H,7-9,12H2,1H3,(H,25,27). The first-order valence-corrected chi connectivity index (χ1v) is 10.4. The normalized spacial score (nSPS) is 15.2. The van der Waals surface area contributed by atoms with E-state index in [0.717, 1.165) is 33.3 Å². The molecule has 1 aromatic carbocycles. The summed E-state index contributed by atoms with van der Waals surface area (Å²) in [5.41, 5.74) is 2.99. The predicted octanol–water partition coefficient (Wildman–Crippen LogP) is 4.25. The van der Waals surface area contributed by atoms with Crippen LogP contribution in [0.2, 0.25) is 0 Å². The van der Waals surface area contributed by atoms with Gasteiger partial charge in [-0.05, 0) is 41.6 Å². The molecule has 2 amide bonds. The second-order valence-electron chi connectivity index (χ2n) is 7.18. The summed E-state index contributed by atoms with van der Waals surface area (Å²) in [6.07, 6.45) is 4.94. The molecule has 0 saturated heterocycles. The zero-order valence-corrected chi connectivity index (χ0v) is 16.9. The highest BCUT2D eigenvalue weighted by atomic mass is 32.1. The van der Waals surface area contributed by atoms with Gasteiger partial charge in [-0.25, -0.2) is 4.39 Å². The van der Waals surface area contributed by atoms with E-state index >= 15 is 0 Å². The van der Waals surface area contributed by atoms with Gasteiger partial charge in [-0.1, -0.05) is 12.1 Å². The van der Waals surface area contributed by atoms with Crippen molar-refractivity contribution in [3.8, 4) is 0 Å². The molecule has 2 aromatic heterocycles. The van der Waals surface area contributed by atoms with Crippen molar-refractivity contribution < 1.29 is 14.0 Å². The molecule has 0 saturated carbocycles. The van der Waals surface area contributed by atoms with Crippen LogP contribution < -0.4 is 5.32 Å². The minimum Gasteiger partial charge on any atom is -0.360 e. The van der Waals surface area contributed by atoms with Gasteiger partial charge in [-0.3, -0.25) is 9.59 Å². The molecular formula is C22H22FN3O2S. The zero-order chi connectivity index (χ0) is 20.4. The first-order valence-electron chi connectivity index (χ1n) is 9.55. The van der Waals surface area contributed by atoms with E-state index in [1.165, 1.54) is 30.4 Å². The Hall–Kier alpha value is -2.93. The lowest BCUT2D eigenvalue weighted by Crippen LogP contribution is -2.38. The molecule has 2 N–H and O–H groups in total. The molecule has 0 bridgehead atoms. The third-order valence-corrected chi connectivity index (χ3v) is 6.18. The van der Waals surface area contributed by atoms with Gasteiger partial charge in [0.2, 0.25) is 11.8 Å². The van der Waals surface area contributed by atoms with Crippen LogP contribution in [0, 0.1) is 5.82 Å². The number of H-pyrrole nitrogens is 1. The van der Waals surface area contributed by atoms with Crippen LogP contribution in [0.1, 0.15) is 36.2 Å². The highest BCUT2D eigenvalue weighted by molar-refractivity contribution is 7.10. The number of fused-ring (bicyclic) bond motifs is 1. The highest BCUT2D eigenvalue weighted by Crippen LogP contribution is 2.30. The summed E-state index contributed by atoms with van der Waals surface area (Å²) in [7, 11) is 0. The van der Waals surface area contributed by atoms with Gasteiger partial charge in [-0.2, -0.15) is 0 Å². The van der Waals surface area contributed by atoms with Gasteiger partial charge in [0, 0.05) is 47.6 Å². The second-order valence-corrected chi connectivity index (χ2v) is 8.16. The smallest absolute Gasteiger partial charge is 0.225 e. The second kappa shape index (κ2) is 8.21. The van der Waals surface area contributed by atoms with Crippen LogP contribution >= 0.6 is 11.3 Å². The lowest BCUT2D eigenvalue weighted by molar-refractivity contribution is -0.131. The number of aromatic nitrogens is 1. The van der Waals surface area contributed by atoms with Crippen LogP contribution in [-0.4, -0.2) is 34.8 Å². The van der Waals surface area contributed by atoms with E-state index in [1.807, 2.05) is 28.6 Å². The van der Waals surface area contributed by atoms with Crippen molar-refractivity contribution in [2.24, 2.45) is 0 Å². The third-order valence-electron chi connectivity index (χ3n) is 5.19. The van der Waals surface area contributed by atoms with Crippen molar-refractivity contribution in [3.63, 3.8) is 0 Å². The molecule has 3 heterocycles. The van der Waals surface area contributed by atoms with Crippen molar-refractivity contribution in [2.75, 3.05) is 13.1 Å². The van der Waals surface area contributed by atoms with Crippen molar-refractivity contribution in [3.05, 3.63) is 64.2 Å². The quantitative estimate of drug-likeness (QED) is 0.659. The van der Waals surface area contributed by atoms with E-state index in [0.29, 0.717) is 13.1 Å². The average Bonchev–Trinajstić information content (AvgIpc) is 3.37. The van der Waals surface area contributed by atoms with Gasteiger partial charge >= 0.3 is 0 Å². The summed E-state index contributed by atoms with van der Waals surface area (Å²) in [4.78, 5) is 30.3. The van der Waals surface area contributed by atoms with Crippen LogP contribution in [0.4, 0.5) is 4.39 Å². The number of benzene rings is 1. The number of thiophene rings is 1. The van der Waals surface area contributed by atoms with E-state index in [-0.39, 0.29) is 30.1 Å². The van der Waals surface area contributed by atoms with Crippen LogP contribution in [0.5, 0.6) is 0 Å². The van der Waals surface area contributed by atoms with Gasteiger partial charge in [-0.15, -0.1) is 11.3 Å². The molecule has 29 heavy (non-hydrogen) atoms. The highest BCUT2D eigenvalue weighted by Gasteiger charge is 2.24. The Bertz CT molecular complexity index is 1070. The minimum absolute atomic E-state index is 0.0217. The summed E-state index contributed by atoms with van der Waals surface area (Å²) in [5, 5.41) is 5.81. The van der Waals surface area contributed by atoms with Crippen LogP contribution in [0.25, 0.3) is 16.5 Å². The molecule has 1 atom stereocenters. The Kier molecular flexibility index (Phi) is 5.49. The van der Waals surface area contributed by atoms with Crippen molar-refractivity contribution in [2.45, 2.75) is 25.8 Å². The van der Waals surface area contributed by atoms with E-state index in [9.17, 15) is 14.0 Å². The first kappa shape index (κ1) is 19.4. The summed E-state index contributed by atoms with van der Waals surface area (Å²) in [6, 6.07) is 8.30. The summed E-state index contributed by atoms with van der Waals surface area (Å²) in [6.45, 7) is 2.61. The molecule has 4 rings (SSSR count). The molecule has 1 aliphatic heterocycles. The zero-order valence-electron chi connectivity index (χ0n) is 16.1. The van der Waals surface area contributed by atoms with E-state index in [1.54, 1.807) is 6.07 Å². The Morgan fingerprint density at radius 1 is 1.34 bits per heavy atom. The number of rotatable bonds is 5. The number of hydrogen-bond acceptors (Lipinski definition) is 3. The Balaban J connectivity index is 1.45. The van der Waals surface area contributed by atoms with Gasteiger partial charge in [0.25, 0.3) is 0 Å². The van der Waals surface area contributed by atoms with Gasteiger partial charge in [0.15, 0.2) is 0 Å². The van der Waals surface area contributed by atoms with E-state index in [2.05, 4.69) is 16.4 Å². The number of hydrogen-bond donors (Lipinski definition) is 2. The lowest BCUT2D eigenvalue weighted by Gasteiger charge is -2.28. The Morgan fingerprint density at radius 3 is 2.90 bits per heavy atom. The molecule has 150 valence electrons. The molecule has 5 nitrogen and oxygen atoms in total. The number of aromatic amines is 1. The average molecular weight is 412 g/mol. The van der Waals surface area contributed by atoms with Crippen LogP contribution in [0.3, 0.4) is 0 Å². The minimum atomic E-state index is -0.297. The van der Waals surface area contributed by atoms with E-state index < -0.39 is 0 Å². The van der Waals surface area contributed by atoms with Crippen molar-refractivity contribution in [1.82, 2.24) is 15.2 Å². The van der Waals surface area contributed by atoms with E-state index in [4.69, 9.17) is 0 Å². The SMILES string of the molecule is CC(=O)NC(CC(=O)N1CC=C(c2c[nH]c3cc(F)ccc23)CC1)c1cccs1. The molecule has 1 unspecified atom stereocenters. The molecule has 7 heteroatoms. The number of carbonyl (C=O) groups is 2. The van der Waals surface area contributed by atoms with Gasteiger partial charge < -0.3 is 15.2 Å². The summed E-state index contributed by atoms with van der Waals surface area (Å²) >= 11 is 1.53. The maximum atomic E-state index is 13.4. The summed E-state index contributed by atoms with van der Waals surface area (Å²) < 4.78 is 13.4. The number of amides is 2. The number of carbonyl (C=O) groups excluding carboxylic acids is 2. The largest absolute Gasteiger partial charge is 0.360 e. The molecule has 0 spiro atoms. The molecule has 0 fully saturated rings. The predicted molar refractivity (Wildman–Crippen MR) is 113 cm³/mol. The third kappa shape index (κ3) is 4.24. The summed E-state index contributed by atoms with van der Waals surface area (Å²) in [5.74, 6) is -0.388. The van der Waals surface area contributed by atoms with Crippen molar-refractivity contribution in [1.29, 1.82) is 0 Å². The molecule has 0 aliphatic carbocycles.